The lowest BCUT2D eigenvalue weighted by Crippen LogP contribution is -2.61. The van der Waals surface area contributed by atoms with E-state index in [1.807, 2.05) is 0 Å². The van der Waals surface area contributed by atoms with Gasteiger partial charge in [-0.05, 0) is 53.4 Å². The summed E-state index contributed by atoms with van der Waals surface area (Å²) in [4.78, 5) is 6.49. The predicted octanol–water partition coefficient (Wildman–Crippen LogP) is 4.36. The van der Waals surface area contributed by atoms with Crippen molar-refractivity contribution < 1.29 is 15.1 Å². The summed E-state index contributed by atoms with van der Waals surface area (Å²) in [5, 5.41) is 22.4. The number of piperidine rings is 1. The fraction of sp³-hybridized carbons (Fsp3) is 0.789. The van der Waals surface area contributed by atoms with Gasteiger partial charge in [0.15, 0.2) is 11.8 Å². The first-order valence-corrected chi connectivity index (χ1v) is 9.27. The SMILES string of the molecule is CC1(C)CC(n2c(O)ccc2O)CC(C)(C)N1OC1CCCCC1. The molecule has 24 heavy (non-hydrogen) atoms. The van der Waals surface area contributed by atoms with E-state index >= 15 is 0 Å². The van der Waals surface area contributed by atoms with Crippen molar-refractivity contribution in [2.24, 2.45) is 0 Å². The lowest BCUT2D eigenvalue weighted by molar-refractivity contribution is -0.313. The fourth-order valence-electron chi connectivity index (χ4n) is 4.80. The van der Waals surface area contributed by atoms with Crippen molar-refractivity contribution in [2.45, 2.75) is 95.9 Å². The molecule has 2 aliphatic rings. The second kappa shape index (κ2) is 6.26. The van der Waals surface area contributed by atoms with E-state index in [2.05, 4.69) is 32.8 Å². The van der Waals surface area contributed by atoms with Crippen LogP contribution in [0.15, 0.2) is 12.1 Å². The van der Waals surface area contributed by atoms with E-state index in [1.165, 1.54) is 19.3 Å². The Balaban J connectivity index is 1.81. The van der Waals surface area contributed by atoms with Gasteiger partial charge in [0.1, 0.15) is 0 Å². The number of aromatic hydroxyl groups is 2. The number of hydroxylamine groups is 2. The van der Waals surface area contributed by atoms with Crippen LogP contribution in [0, 0.1) is 0 Å². The molecule has 136 valence electrons. The lowest BCUT2D eigenvalue weighted by Gasteiger charge is -2.55. The Kier molecular flexibility index (Phi) is 4.60. The van der Waals surface area contributed by atoms with E-state index in [1.54, 1.807) is 16.7 Å². The molecule has 1 saturated carbocycles. The van der Waals surface area contributed by atoms with Crippen LogP contribution in [0.4, 0.5) is 0 Å². The molecular weight excluding hydrogens is 304 g/mol. The molecule has 2 heterocycles. The monoisotopic (exact) mass is 336 g/mol. The van der Waals surface area contributed by atoms with Gasteiger partial charge in [0.05, 0.1) is 6.10 Å². The minimum Gasteiger partial charge on any atom is -0.494 e. The Labute approximate surface area is 145 Å². The quantitative estimate of drug-likeness (QED) is 0.861. The van der Waals surface area contributed by atoms with E-state index in [9.17, 15) is 10.2 Å². The van der Waals surface area contributed by atoms with E-state index in [-0.39, 0.29) is 28.9 Å². The first kappa shape index (κ1) is 17.6. The minimum atomic E-state index is -0.174. The number of aromatic nitrogens is 1. The molecule has 3 rings (SSSR count). The zero-order valence-corrected chi connectivity index (χ0v) is 15.5. The van der Waals surface area contributed by atoms with Crippen LogP contribution in [0.2, 0.25) is 0 Å². The molecule has 2 fully saturated rings. The highest BCUT2D eigenvalue weighted by Gasteiger charge is 2.48. The van der Waals surface area contributed by atoms with Crippen LogP contribution in [-0.2, 0) is 4.84 Å². The zero-order valence-electron chi connectivity index (χ0n) is 15.5. The summed E-state index contributed by atoms with van der Waals surface area (Å²) >= 11 is 0. The molecule has 1 aliphatic carbocycles. The Bertz CT molecular complexity index is 536. The Hall–Kier alpha value is -1.20. The average molecular weight is 336 g/mol. The van der Waals surface area contributed by atoms with E-state index in [0.717, 1.165) is 25.7 Å². The van der Waals surface area contributed by atoms with E-state index in [0.29, 0.717) is 6.10 Å². The number of nitrogens with zero attached hydrogens (tertiary/aromatic N) is 2. The van der Waals surface area contributed by atoms with Gasteiger partial charge in [-0.15, -0.1) is 0 Å². The molecule has 5 nitrogen and oxygen atoms in total. The molecule has 2 N–H and O–H groups in total. The third-order valence-corrected chi connectivity index (χ3v) is 5.62. The van der Waals surface area contributed by atoms with Crippen LogP contribution in [0.1, 0.15) is 78.7 Å². The van der Waals surface area contributed by atoms with Gasteiger partial charge >= 0.3 is 0 Å². The Morgan fingerprint density at radius 2 is 1.42 bits per heavy atom. The van der Waals surface area contributed by atoms with Gasteiger partial charge in [0.25, 0.3) is 0 Å². The molecule has 1 saturated heterocycles. The van der Waals surface area contributed by atoms with E-state index < -0.39 is 0 Å². The van der Waals surface area contributed by atoms with Crippen molar-refractivity contribution in [3.8, 4) is 11.8 Å². The zero-order chi connectivity index (χ0) is 17.5. The standard InChI is InChI=1S/C19H32N2O3/c1-18(2)12-14(20-16(22)10-11-17(20)23)13-19(3,4)21(18)24-15-8-6-5-7-9-15/h10-11,14-15,22-23H,5-9,12-13H2,1-4H3. The first-order chi connectivity index (χ1) is 11.2. The average Bonchev–Trinajstić information content (AvgIpc) is 2.82. The lowest BCUT2D eigenvalue weighted by atomic mass is 9.78. The fourth-order valence-corrected chi connectivity index (χ4v) is 4.80. The smallest absolute Gasteiger partial charge is 0.194 e. The van der Waals surface area contributed by atoms with Crippen LogP contribution in [0.25, 0.3) is 0 Å². The molecule has 1 aromatic rings. The van der Waals surface area contributed by atoms with Crippen molar-refractivity contribution in [2.75, 3.05) is 0 Å². The second-order valence-corrected chi connectivity index (χ2v) is 8.77. The normalized spacial score (nSPS) is 25.8. The summed E-state index contributed by atoms with van der Waals surface area (Å²) in [6.07, 6.45) is 8.08. The summed E-state index contributed by atoms with van der Waals surface area (Å²) in [5.41, 5.74) is -0.347. The third kappa shape index (κ3) is 3.29. The Morgan fingerprint density at radius 3 is 1.92 bits per heavy atom. The van der Waals surface area contributed by atoms with Gasteiger partial charge in [-0.1, -0.05) is 19.3 Å². The number of hydrogen-bond donors (Lipinski definition) is 2. The van der Waals surface area contributed by atoms with Gasteiger partial charge in [-0.3, -0.25) is 9.40 Å². The van der Waals surface area contributed by atoms with Gasteiger partial charge in [0, 0.05) is 29.3 Å². The maximum atomic E-state index is 10.1. The van der Waals surface area contributed by atoms with Gasteiger partial charge < -0.3 is 10.2 Å². The van der Waals surface area contributed by atoms with Crippen molar-refractivity contribution in [3.63, 3.8) is 0 Å². The van der Waals surface area contributed by atoms with Crippen LogP contribution in [-0.4, -0.2) is 37.0 Å². The maximum Gasteiger partial charge on any atom is 0.194 e. The van der Waals surface area contributed by atoms with Crippen molar-refractivity contribution in [1.29, 1.82) is 0 Å². The summed E-state index contributed by atoms with van der Waals surface area (Å²) in [7, 11) is 0. The van der Waals surface area contributed by atoms with E-state index in [4.69, 9.17) is 4.84 Å². The molecule has 0 atom stereocenters. The number of hydrogen-bond acceptors (Lipinski definition) is 4. The minimum absolute atomic E-state index is 0.0520. The highest BCUT2D eigenvalue weighted by molar-refractivity contribution is 5.25. The summed E-state index contributed by atoms with van der Waals surface area (Å²) in [5.74, 6) is 0.261. The predicted molar refractivity (Wildman–Crippen MR) is 94.0 cm³/mol. The van der Waals surface area contributed by atoms with Crippen LogP contribution in [0.3, 0.4) is 0 Å². The molecule has 0 radical (unpaired) electrons. The molecule has 1 aliphatic heterocycles. The van der Waals surface area contributed by atoms with Gasteiger partial charge in [0.2, 0.25) is 0 Å². The third-order valence-electron chi connectivity index (χ3n) is 5.62. The van der Waals surface area contributed by atoms with Crippen molar-refractivity contribution in [3.05, 3.63) is 12.1 Å². The topological polar surface area (TPSA) is 57.9 Å². The summed E-state index contributed by atoms with van der Waals surface area (Å²) in [6.45, 7) is 8.78. The molecule has 5 heteroatoms. The molecule has 0 unspecified atom stereocenters. The molecule has 0 amide bonds. The van der Waals surface area contributed by atoms with Crippen LogP contribution < -0.4 is 0 Å². The second-order valence-electron chi connectivity index (χ2n) is 8.77. The molecular formula is C19H32N2O3. The first-order valence-electron chi connectivity index (χ1n) is 9.27. The Morgan fingerprint density at radius 1 is 0.917 bits per heavy atom. The van der Waals surface area contributed by atoms with Crippen molar-refractivity contribution >= 4 is 0 Å². The van der Waals surface area contributed by atoms with Crippen molar-refractivity contribution in [1.82, 2.24) is 9.63 Å². The summed E-state index contributed by atoms with van der Waals surface area (Å²) in [6, 6.07) is 3.16. The molecule has 1 aromatic heterocycles. The van der Waals surface area contributed by atoms with Crippen LogP contribution >= 0.6 is 0 Å². The highest BCUT2D eigenvalue weighted by Crippen LogP contribution is 2.47. The number of rotatable bonds is 3. The summed E-state index contributed by atoms with van der Waals surface area (Å²) < 4.78 is 1.65. The molecule has 0 aromatic carbocycles. The largest absolute Gasteiger partial charge is 0.494 e. The molecule has 0 bridgehead atoms. The van der Waals surface area contributed by atoms with Gasteiger partial charge in [-0.25, -0.2) is 0 Å². The van der Waals surface area contributed by atoms with Crippen LogP contribution in [0.5, 0.6) is 11.8 Å². The molecule has 0 spiro atoms. The highest BCUT2D eigenvalue weighted by atomic mass is 16.7. The maximum absolute atomic E-state index is 10.1. The van der Waals surface area contributed by atoms with Gasteiger partial charge in [-0.2, -0.15) is 5.06 Å².